The molecule has 0 radical (unpaired) electrons. The molecule has 1 fully saturated rings. The average molecular weight is 338 g/mol. The summed E-state index contributed by atoms with van der Waals surface area (Å²) in [7, 11) is 0. The third-order valence-corrected chi connectivity index (χ3v) is 4.04. The van der Waals surface area contributed by atoms with Crippen LogP contribution in [0, 0.1) is 0 Å². The molecule has 7 heteroatoms. The van der Waals surface area contributed by atoms with Crippen molar-refractivity contribution in [1.82, 2.24) is 5.32 Å². The number of amides is 1. The van der Waals surface area contributed by atoms with Gasteiger partial charge < -0.3 is 15.4 Å². The van der Waals surface area contributed by atoms with Crippen LogP contribution in [-0.4, -0.2) is 31.7 Å². The van der Waals surface area contributed by atoms with E-state index >= 15 is 0 Å². The molecular formula is C13H15Cl3N2O2. The van der Waals surface area contributed by atoms with Crippen molar-refractivity contribution in [2.24, 2.45) is 0 Å². The predicted octanol–water partition coefficient (Wildman–Crippen LogP) is 3.35. The number of hydrogen-bond donors (Lipinski definition) is 2. The Kier molecular flexibility index (Phi) is 5.78. The van der Waals surface area contributed by atoms with Crippen LogP contribution >= 0.6 is 34.8 Å². The van der Waals surface area contributed by atoms with E-state index in [2.05, 4.69) is 10.6 Å². The average Bonchev–Trinajstić information content (AvgIpc) is 2.92. The highest BCUT2D eigenvalue weighted by molar-refractivity contribution is 6.44. The lowest BCUT2D eigenvalue weighted by molar-refractivity contribution is -0.119. The molecule has 1 aromatic rings. The molecule has 2 N–H and O–H groups in total. The number of hydrogen-bond acceptors (Lipinski definition) is 3. The van der Waals surface area contributed by atoms with Crippen LogP contribution in [0.1, 0.15) is 12.8 Å². The minimum atomic E-state index is -0.123. The molecule has 1 aliphatic heterocycles. The first-order chi connectivity index (χ1) is 9.56. The number of carbonyl (C=O) groups is 1. The van der Waals surface area contributed by atoms with Gasteiger partial charge >= 0.3 is 0 Å². The standard InChI is InChI=1S/C13H15Cl3N2O2/c14-9-4-11(16)12(5-10(9)15)17-7-13(19)18-6-8-2-1-3-20-8/h4-5,8,17H,1-3,6-7H2,(H,18,19). The predicted molar refractivity (Wildman–Crippen MR) is 81.9 cm³/mol. The maximum absolute atomic E-state index is 11.7. The van der Waals surface area contributed by atoms with E-state index in [-0.39, 0.29) is 18.6 Å². The van der Waals surface area contributed by atoms with Crippen LogP contribution in [0.2, 0.25) is 15.1 Å². The highest BCUT2D eigenvalue weighted by Crippen LogP contribution is 2.31. The van der Waals surface area contributed by atoms with Crippen LogP contribution in [-0.2, 0) is 9.53 Å². The van der Waals surface area contributed by atoms with Crippen LogP contribution in [0.25, 0.3) is 0 Å². The van der Waals surface area contributed by atoms with Crippen LogP contribution in [0.15, 0.2) is 12.1 Å². The molecule has 110 valence electrons. The summed E-state index contributed by atoms with van der Waals surface area (Å²) in [5.41, 5.74) is 0.577. The molecular weight excluding hydrogens is 323 g/mol. The number of carbonyl (C=O) groups excluding carboxylic acids is 1. The molecule has 1 amide bonds. The van der Waals surface area contributed by atoms with Gasteiger partial charge in [-0.2, -0.15) is 0 Å². The second kappa shape index (κ2) is 7.36. The van der Waals surface area contributed by atoms with Gasteiger partial charge in [0.1, 0.15) is 0 Å². The van der Waals surface area contributed by atoms with Crippen molar-refractivity contribution in [1.29, 1.82) is 0 Å². The summed E-state index contributed by atoms with van der Waals surface area (Å²) in [5.74, 6) is -0.123. The Hall–Kier alpha value is -0.680. The molecule has 0 spiro atoms. The Balaban J connectivity index is 1.79. The first-order valence-electron chi connectivity index (χ1n) is 6.33. The zero-order valence-electron chi connectivity index (χ0n) is 10.7. The summed E-state index contributed by atoms with van der Waals surface area (Å²) >= 11 is 17.7. The summed E-state index contributed by atoms with van der Waals surface area (Å²) in [6.07, 6.45) is 2.18. The minimum Gasteiger partial charge on any atom is -0.376 e. The summed E-state index contributed by atoms with van der Waals surface area (Å²) in [6, 6.07) is 3.14. The van der Waals surface area contributed by atoms with Crippen molar-refractivity contribution in [2.75, 3.05) is 25.0 Å². The fourth-order valence-electron chi connectivity index (χ4n) is 1.93. The van der Waals surface area contributed by atoms with Gasteiger partial charge in [-0.05, 0) is 25.0 Å². The van der Waals surface area contributed by atoms with Gasteiger partial charge in [0.2, 0.25) is 5.91 Å². The van der Waals surface area contributed by atoms with Crippen LogP contribution in [0.4, 0.5) is 5.69 Å². The van der Waals surface area contributed by atoms with Crippen molar-refractivity contribution in [2.45, 2.75) is 18.9 Å². The van der Waals surface area contributed by atoms with Crippen molar-refractivity contribution >= 4 is 46.4 Å². The van der Waals surface area contributed by atoms with Crippen molar-refractivity contribution in [3.63, 3.8) is 0 Å². The first kappa shape index (κ1) is 15.7. The Bertz CT molecular complexity index is 491. The molecule has 20 heavy (non-hydrogen) atoms. The third kappa shape index (κ3) is 4.42. The number of rotatable bonds is 5. The summed E-state index contributed by atoms with van der Waals surface area (Å²) in [5, 5.41) is 6.93. The Morgan fingerprint density at radius 3 is 2.70 bits per heavy atom. The second-order valence-electron chi connectivity index (χ2n) is 4.54. The molecule has 1 aromatic carbocycles. The van der Waals surface area contributed by atoms with Crippen LogP contribution in [0.5, 0.6) is 0 Å². The van der Waals surface area contributed by atoms with E-state index in [1.807, 2.05) is 0 Å². The van der Waals surface area contributed by atoms with Crippen molar-refractivity contribution in [3.8, 4) is 0 Å². The maximum Gasteiger partial charge on any atom is 0.239 e. The summed E-state index contributed by atoms with van der Waals surface area (Å²) < 4.78 is 5.43. The molecule has 2 rings (SSSR count). The van der Waals surface area contributed by atoms with Gasteiger partial charge in [-0.1, -0.05) is 34.8 Å². The highest BCUT2D eigenvalue weighted by Gasteiger charge is 2.16. The van der Waals surface area contributed by atoms with E-state index in [9.17, 15) is 4.79 Å². The second-order valence-corrected chi connectivity index (χ2v) is 5.76. The molecule has 1 atom stereocenters. The number of ether oxygens (including phenoxy) is 1. The zero-order chi connectivity index (χ0) is 14.5. The van der Waals surface area contributed by atoms with Gasteiger partial charge in [0.05, 0.1) is 33.4 Å². The zero-order valence-corrected chi connectivity index (χ0v) is 13.0. The SMILES string of the molecule is O=C(CNc1cc(Cl)c(Cl)cc1Cl)NCC1CCCO1. The van der Waals surface area contributed by atoms with E-state index < -0.39 is 0 Å². The number of anilines is 1. The fraction of sp³-hybridized carbons (Fsp3) is 0.462. The van der Waals surface area contributed by atoms with E-state index in [0.29, 0.717) is 27.3 Å². The molecule has 1 unspecified atom stereocenters. The van der Waals surface area contributed by atoms with E-state index in [1.165, 1.54) is 6.07 Å². The minimum absolute atomic E-state index is 0.115. The molecule has 1 heterocycles. The number of benzene rings is 1. The van der Waals surface area contributed by atoms with E-state index in [4.69, 9.17) is 39.5 Å². The van der Waals surface area contributed by atoms with Gasteiger partial charge in [0.25, 0.3) is 0 Å². The summed E-state index contributed by atoms with van der Waals surface area (Å²) in [4.78, 5) is 11.7. The van der Waals surface area contributed by atoms with E-state index in [1.54, 1.807) is 6.07 Å². The highest BCUT2D eigenvalue weighted by atomic mass is 35.5. The Morgan fingerprint density at radius 2 is 2.00 bits per heavy atom. The quantitative estimate of drug-likeness (QED) is 0.810. The summed E-state index contributed by atoms with van der Waals surface area (Å²) in [6.45, 7) is 1.43. The molecule has 0 aliphatic carbocycles. The monoisotopic (exact) mass is 336 g/mol. The van der Waals surface area contributed by atoms with Crippen LogP contribution in [0.3, 0.4) is 0 Å². The van der Waals surface area contributed by atoms with Gasteiger partial charge in [0, 0.05) is 13.2 Å². The van der Waals surface area contributed by atoms with Gasteiger partial charge in [-0.15, -0.1) is 0 Å². The lowest BCUT2D eigenvalue weighted by Crippen LogP contribution is -2.35. The number of nitrogens with one attached hydrogen (secondary N) is 2. The van der Waals surface area contributed by atoms with E-state index in [0.717, 1.165) is 19.4 Å². The van der Waals surface area contributed by atoms with Crippen LogP contribution < -0.4 is 10.6 Å². The largest absolute Gasteiger partial charge is 0.376 e. The Labute approximate surface area is 132 Å². The topological polar surface area (TPSA) is 50.4 Å². The normalized spacial score (nSPS) is 18.1. The van der Waals surface area contributed by atoms with Gasteiger partial charge in [0.15, 0.2) is 0 Å². The van der Waals surface area contributed by atoms with Crippen molar-refractivity contribution in [3.05, 3.63) is 27.2 Å². The first-order valence-corrected chi connectivity index (χ1v) is 7.46. The fourth-order valence-corrected chi connectivity index (χ4v) is 2.54. The molecule has 1 aliphatic rings. The lowest BCUT2D eigenvalue weighted by Gasteiger charge is -2.12. The molecule has 0 bridgehead atoms. The molecule has 4 nitrogen and oxygen atoms in total. The third-order valence-electron chi connectivity index (χ3n) is 3.00. The molecule has 1 saturated heterocycles. The smallest absolute Gasteiger partial charge is 0.239 e. The number of halogens is 3. The maximum atomic E-state index is 11.7. The molecule has 0 saturated carbocycles. The lowest BCUT2D eigenvalue weighted by atomic mass is 10.2. The van der Waals surface area contributed by atoms with Gasteiger partial charge in [-0.3, -0.25) is 4.79 Å². The van der Waals surface area contributed by atoms with Gasteiger partial charge in [-0.25, -0.2) is 0 Å². The molecule has 0 aromatic heterocycles. The van der Waals surface area contributed by atoms with Crippen molar-refractivity contribution < 1.29 is 9.53 Å². The Morgan fingerprint density at radius 1 is 1.25 bits per heavy atom.